The Kier molecular flexibility index (Phi) is 11.5. The molecule has 0 unspecified atom stereocenters. The quantitative estimate of drug-likeness (QED) is 0.134. The molecule has 15 heteroatoms. The normalized spacial score (nSPS) is 17.1. The van der Waals surface area contributed by atoms with Crippen molar-refractivity contribution in [2.45, 2.75) is 43.6 Å². The molecule has 52 heavy (non-hydrogen) atoms. The minimum atomic E-state index is -5.10. The monoisotopic (exact) mass is 721 g/mol. The lowest BCUT2D eigenvalue weighted by Gasteiger charge is -2.37. The molecule has 0 bridgehead atoms. The highest BCUT2D eigenvalue weighted by Crippen LogP contribution is 2.43. The first-order valence-corrected chi connectivity index (χ1v) is 15.9. The van der Waals surface area contributed by atoms with E-state index in [2.05, 4.69) is 16.8 Å². The van der Waals surface area contributed by atoms with Gasteiger partial charge in [-0.25, -0.2) is 4.79 Å². The van der Waals surface area contributed by atoms with E-state index in [4.69, 9.17) is 23.7 Å². The lowest BCUT2D eigenvalue weighted by Crippen LogP contribution is -2.39. The number of amides is 1. The molecule has 3 aromatic carbocycles. The van der Waals surface area contributed by atoms with Gasteiger partial charge in [-0.05, 0) is 41.0 Å². The van der Waals surface area contributed by atoms with Crippen LogP contribution in [0.25, 0.3) is 0 Å². The first kappa shape index (κ1) is 37.4. The van der Waals surface area contributed by atoms with Crippen molar-refractivity contribution in [2.24, 2.45) is 0 Å². The molecule has 0 aliphatic carbocycles. The van der Waals surface area contributed by atoms with Gasteiger partial charge in [0.25, 0.3) is 5.56 Å². The van der Waals surface area contributed by atoms with Gasteiger partial charge >= 0.3 is 23.7 Å². The van der Waals surface area contributed by atoms with E-state index in [1.165, 1.54) is 6.92 Å². The average Bonchev–Trinajstić information content (AvgIpc) is 3.52. The minimum Gasteiger partial charge on any atom is -0.497 e. The van der Waals surface area contributed by atoms with Gasteiger partial charge in [0.1, 0.15) is 41.1 Å². The Bertz CT molecular complexity index is 2010. The number of nitrogens with one attached hydrogen (secondary N) is 2. The number of alkyl halides is 3. The molecule has 1 aliphatic heterocycles. The predicted molar refractivity (Wildman–Crippen MR) is 180 cm³/mol. The summed E-state index contributed by atoms with van der Waals surface area (Å²) in [6.45, 7) is 0.354. The Morgan fingerprint density at radius 2 is 1.50 bits per heavy atom. The van der Waals surface area contributed by atoms with Crippen LogP contribution in [0.1, 0.15) is 41.8 Å². The fourth-order valence-electron chi connectivity index (χ4n) is 5.79. The van der Waals surface area contributed by atoms with Crippen molar-refractivity contribution in [1.82, 2.24) is 14.9 Å². The number of esters is 1. The SMILES string of the molecule is COc1ccc(C(OC[C@H]2O[C@@H](n3cc(C#CCNC(=O)C(F)(F)F)c(=O)[nH]c3=O)C[C@@H]2OC(C)=O)(c2ccccc2)c2ccc(OC)cc2)cc1. The number of aromatic nitrogens is 2. The van der Waals surface area contributed by atoms with Crippen molar-refractivity contribution < 1.29 is 46.4 Å². The number of benzene rings is 3. The summed E-state index contributed by atoms with van der Waals surface area (Å²) in [6.07, 6.45) is -6.97. The van der Waals surface area contributed by atoms with Crippen LogP contribution in [0.15, 0.2) is 94.6 Å². The van der Waals surface area contributed by atoms with Crippen LogP contribution in [0.2, 0.25) is 0 Å². The largest absolute Gasteiger partial charge is 0.497 e. The van der Waals surface area contributed by atoms with Gasteiger partial charge in [0, 0.05) is 19.5 Å². The highest BCUT2D eigenvalue weighted by atomic mass is 19.4. The van der Waals surface area contributed by atoms with Crippen LogP contribution in [0, 0.1) is 11.8 Å². The first-order valence-electron chi connectivity index (χ1n) is 15.9. The Balaban J connectivity index is 1.49. The van der Waals surface area contributed by atoms with Crippen LogP contribution in [-0.2, 0) is 29.4 Å². The molecule has 4 aromatic rings. The summed E-state index contributed by atoms with van der Waals surface area (Å²) >= 11 is 0. The molecule has 1 aromatic heterocycles. The van der Waals surface area contributed by atoms with Crippen LogP contribution in [0.5, 0.6) is 11.5 Å². The molecular weight excluding hydrogens is 687 g/mol. The molecule has 1 aliphatic rings. The number of ether oxygens (including phenoxy) is 5. The van der Waals surface area contributed by atoms with Gasteiger partial charge in [0.15, 0.2) is 0 Å². The molecule has 3 atom stereocenters. The van der Waals surface area contributed by atoms with Crippen molar-refractivity contribution in [3.05, 3.63) is 128 Å². The lowest BCUT2D eigenvalue weighted by molar-refractivity contribution is -0.173. The van der Waals surface area contributed by atoms with Crippen molar-refractivity contribution >= 4 is 11.9 Å². The highest BCUT2D eigenvalue weighted by Gasteiger charge is 2.44. The number of rotatable bonds is 11. The summed E-state index contributed by atoms with van der Waals surface area (Å²) in [6, 6.07) is 24.1. The molecule has 0 radical (unpaired) electrons. The zero-order valence-corrected chi connectivity index (χ0v) is 28.2. The van der Waals surface area contributed by atoms with Gasteiger partial charge in [0.2, 0.25) is 0 Å². The Labute approximate surface area is 295 Å². The first-order chi connectivity index (χ1) is 24.8. The third-order valence-electron chi connectivity index (χ3n) is 8.23. The summed E-state index contributed by atoms with van der Waals surface area (Å²) in [4.78, 5) is 50.8. The fourth-order valence-corrected chi connectivity index (χ4v) is 5.79. The van der Waals surface area contributed by atoms with E-state index in [0.717, 1.165) is 27.5 Å². The number of H-pyrrole nitrogens is 1. The molecular formula is C37H34F3N3O9. The number of carbonyl (C=O) groups excluding carboxylic acids is 2. The molecule has 0 spiro atoms. The van der Waals surface area contributed by atoms with E-state index < -0.39 is 59.9 Å². The molecule has 1 fully saturated rings. The summed E-state index contributed by atoms with van der Waals surface area (Å²) in [7, 11) is 3.12. The van der Waals surface area contributed by atoms with Crippen molar-refractivity contribution in [1.29, 1.82) is 0 Å². The van der Waals surface area contributed by atoms with Crippen LogP contribution >= 0.6 is 0 Å². The van der Waals surface area contributed by atoms with Crippen molar-refractivity contribution in [2.75, 3.05) is 27.4 Å². The maximum Gasteiger partial charge on any atom is 0.471 e. The fraction of sp³-hybridized carbons (Fsp3) is 0.297. The summed E-state index contributed by atoms with van der Waals surface area (Å²) in [5.74, 6) is 3.07. The van der Waals surface area contributed by atoms with Crippen LogP contribution < -0.4 is 26.0 Å². The maximum absolute atomic E-state index is 13.0. The molecule has 1 amide bonds. The maximum atomic E-state index is 13.0. The topological polar surface area (TPSA) is 147 Å². The summed E-state index contributed by atoms with van der Waals surface area (Å²) < 4.78 is 68.1. The lowest BCUT2D eigenvalue weighted by atomic mass is 9.80. The Hall–Kier alpha value is -5.85. The van der Waals surface area contributed by atoms with Gasteiger partial charge in [-0.15, -0.1) is 0 Å². The zero-order chi connectivity index (χ0) is 37.5. The van der Waals surface area contributed by atoms with Crippen LogP contribution in [0.3, 0.4) is 0 Å². The number of aromatic amines is 1. The zero-order valence-electron chi connectivity index (χ0n) is 28.2. The summed E-state index contributed by atoms with van der Waals surface area (Å²) in [5.41, 5.74) is -1.09. The van der Waals surface area contributed by atoms with E-state index in [-0.39, 0.29) is 18.6 Å². The second kappa shape index (κ2) is 16.0. The third kappa shape index (κ3) is 8.36. The Morgan fingerprint density at radius 1 is 0.923 bits per heavy atom. The van der Waals surface area contributed by atoms with Crippen LogP contribution in [0.4, 0.5) is 13.2 Å². The molecule has 2 heterocycles. The predicted octanol–water partition coefficient (Wildman–Crippen LogP) is 3.81. The molecule has 272 valence electrons. The number of hydrogen-bond acceptors (Lipinski definition) is 9. The number of methoxy groups -OCH3 is 2. The molecule has 12 nitrogen and oxygen atoms in total. The second-order valence-corrected chi connectivity index (χ2v) is 11.5. The van der Waals surface area contributed by atoms with E-state index in [1.807, 2.05) is 54.6 Å². The van der Waals surface area contributed by atoms with Crippen molar-refractivity contribution in [3.63, 3.8) is 0 Å². The molecule has 1 saturated heterocycles. The van der Waals surface area contributed by atoms with Crippen molar-refractivity contribution in [3.8, 4) is 23.3 Å². The molecule has 0 saturated carbocycles. The highest BCUT2D eigenvalue weighted by molar-refractivity contribution is 5.81. The minimum absolute atomic E-state index is 0.0303. The van der Waals surface area contributed by atoms with Gasteiger partial charge in [-0.1, -0.05) is 66.4 Å². The van der Waals surface area contributed by atoms with Gasteiger partial charge < -0.3 is 29.0 Å². The standard InChI is InChI=1S/C37H34F3N3O9/c1-23(44)51-30-20-32(43-21-24(33(45)42-35(43)47)8-7-19-41-34(46)37(38,39)40)52-31(30)22-50-36(25-9-5-4-6-10-25,26-11-15-28(48-2)16-12-26)27-13-17-29(49-3)18-14-27/h4-6,9-18,21,30-32H,19-20,22H2,1-3H3,(H,41,46)(H,42,45,47)/t30-,31+,32+/m0/s1. The smallest absolute Gasteiger partial charge is 0.471 e. The second-order valence-electron chi connectivity index (χ2n) is 11.5. The summed E-state index contributed by atoms with van der Waals surface area (Å²) in [5, 5.41) is 1.58. The average molecular weight is 722 g/mol. The molecule has 2 N–H and O–H groups in total. The van der Waals surface area contributed by atoms with E-state index in [1.54, 1.807) is 43.8 Å². The van der Waals surface area contributed by atoms with E-state index in [9.17, 15) is 32.3 Å². The van der Waals surface area contributed by atoms with Gasteiger partial charge in [-0.3, -0.25) is 23.9 Å². The van der Waals surface area contributed by atoms with E-state index >= 15 is 0 Å². The van der Waals surface area contributed by atoms with Gasteiger partial charge in [0.05, 0.1) is 27.4 Å². The van der Waals surface area contributed by atoms with Gasteiger partial charge in [-0.2, -0.15) is 13.2 Å². The third-order valence-corrected chi connectivity index (χ3v) is 8.23. The number of hydrogen-bond donors (Lipinski definition) is 2. The number of nitrogens with zero attached hydrogens (tertiary/aromatic N) is 1. The number of carbonyl (C=O) groups is 2. The van der Waals surface area contributed by atoms with Crippen LogP contribution in [-0.4, -0.2) is 67.2 Å². The molecule has 5 rings (SSSR count). The van der Waals surface area contributed by atoms with E-state index in [0.29, 0.717) is 11.5 Å². The number of halogens is 3. The Morgan fingerprint density at radius 3 is 2.04 bits per heavy atom.